The highest BCUT2D eigenvalue weighted by atomic mass is 16.5. The summed E-state index contributed by atoms with van der Waals surface area (Å²) in [4.78, 5) is 36.1. The van der Waals surface area contributed by atoms with E-state index in [4.69, 9.17) is 9.26 Å². The van der Waals surface area contributed by atoms with Gasteiger partial charge in [-0.3, -0.25) is 9.59 Å². The topological polar surface area (TPSA) is 116 Å². The smallest absolute Gasteiger partial charge is 0.330 e. The monoisotopic (exact) mass is 382 g/mol. The Morgan fingerprint density at radius 2 is 2.00 bits per heavy atom. The molecule has 0 unspecified atom stereocenters. The quantitative estimate of drug-likeness (QED) is 0.530. The third-order valence-electron chi connectivity index (χ3n) is 3.93. The molecule has 2 heterocycles. The molecule has 1 N–H and O–H groups in total. The Balaban J connectivity index is 1.81. The van der Waals surface area contributed by atoms with E-state index in [9.17, 15) is 14.4 Å². The summed E-state index contributed by atoms with van der Waals surface area (Å²) in [5.74, 6) is -0.583. The molecule has 0 spiro atoms. The number of nitrogens with one attached hydrogen (secondary N) is 1. The Bertz CT molecular complexity index is 1130. The fourth-order valence-electron chi connectivity index (χ4n) is 2.58. The van der Waals surface area contributed by atoms with Gasteiger partial charge in [0.2, 0.25) is 0 Å². The van der Waals surface area contributed by atoms with Crippen LogP contribution in [0.15, 0.2) is 39.7 Å². The SMILES string of the molecule is CCOC(=O)/C=C\c1ccc(NC(=O)c2nn(C)c(=O)c3noc(C)c23)cc1. The Morgan fingerprint density at radius 3 is 2.68 bits per heavy atom. The Hall–Kier alpha value is -3.75. The van der Waals surface area contributed by atoms with Crippen molar-refractivity contribution in [2.45, 2.75) is 13.8 Å². The zero-order valence-corrected chi connectivity index (χ0v) is 15.6. The molecule has 2 aromatic heterocycles. The average molecular weight is 382 g/mol. The van der Waals surface area contributed by atoms with Gasteiger partial charge in [0.05, 0.1) is 12.0 Å². The first kappa shape index (κ1) is 19.0. The molecule has 28 heavy (non-hydrogen) atoms. The number of hydrogen-bond donors (Lipinski definition) is 1. The number of aryl methyl sites for hydroxylation is 2. The number of hydrogen-bond acceptors (Lipinski definition) is 7. The van der Waals surface area contributed by atoms with E-state index in [0.717, 1.165) is 10.2 Å². The standard InChI is InChI=1S/C19H18N4O5/c1-4-27-14(24)10-7-12-5-8-13(9-6-12)20-18(25)16-15-11(2)28-22-17(15)19(26)23(3)21-16/h5-10H,4H2,1-3H3,(H,20,25)/b10-7-. The summed E-state index contributed by atoms with van der Waals surface area (Å²) in [6.45, 7) is 3.65. The Kier molecular flexibility index (Phi) is 5.35. The molecule has 0 saturated heterocycles. The number of fused-ring (bicyclic) bond motifs is 1. The second kappa shape index (κ2) is 7.87. The minimum Gasteiger partial charge on any atom is -0.463 e. The van der Waals surface area contributed by atoms with Crippen molar-refractivity contribution in [2.24, 2.45) is 7.05 Å². The van der Waals surface area contributed by atoms with Crippen LogP contribution >= 0.6 is 0 Å². The summed E-state index contributed by atoms with van der Waals surface area (Å²) in [7, 11) is 1.44. The van der Waals surface area contributed by atoms with Crippen LogP contribution in [0.5, 0.6) is 0 Å². The number of carbonyl (C=O) groups is 2. The Morgan fingerprint density at radius 1 is 1.29 bits per heavy atom. The molecule has 144 valence electrons. The first-order chi connectivity index (χ1) is 13.4. The van der Waals surface area contributed by atoms with E-state index in [1.165, 1.54) is 13.1 Å². The lowest BCUT2D eigenvalue weighted by Crippen LogP contribution is -2.25. The van der Waals surface area contributed by atoms with Crippen LogP contribution in [0.2, 0.25) is 0 Å². The molecule has 0 aliphatic rings. The zero-order valence-electron chi connectivity index (χ0n) is 15.6. The maximum absolute atomic E-state index is 12.7. The van der Waals surface area contributed by atoms with Crippen molar-refractivity contribution in [1.82, 2.24) is 14.9 Å². The molecule has 0 atom stereocenters. The third-order valence-corrected chi connectivity index (χ3v) is 3.93. The van der Waals surface area contributed by atoms with Crippen LogP contribution in [0.4, 0.5) is 5.69 Å². The predicted octanol–water partition coefficient (Wildman–Crippen LogP) is 2.06. The van der Waals surface area contributed by atoms with E-state index >= 15 is 0 Å². The van der Waals surface area contributed by atoms with Crippen molar-refractivity contribution in [1.29, 1.82) is 0 Å². The van der Waals surface area contributed by atoms with Crippen LogP contribution in [-0.4, -0.2) is 33.4 Å². The number of benzene rings is 1. The minimum absolute atomic E-state index is 0.0436. The van der Waals surface area contributed by atoms with Gasteiger partial charge >= 0.3 is 5.97 Å². The molecule has 0 bridgehead atoms. The molecule has 0 aliphatic heterocycles. The van der Waals surface area contributed by atoms with Crippen molar-refractivity contribution < 1.29 is 18.8 Å². The van der Waals surface area contributed by atoms with Gasteiger partial charge in [0, 0.05) is 18.8 Å². The minimum atomic E-state index is -0.498. The maximum atomic E-state index is 12.7. The number of amides is 1. The van der Waals surface area contributed by atoms with Crippen molar-refractivity contribution in [3.05, 3.63) is 57.7 Å². The molecular weight excluding hydrogens is 364 g/mol. The van der Waals surface area contributed by atoms with Gasteiger partial charge < -0.3 is 14.6 Å². The molecular formula is C19H18N4O5. The van der Waals surface area contributed by atoms with Crippen LogP contribution < -0.4 is 10.9 Å². The first-order valence-electron chi connectivity index (χ1n) is 8.50. The summed E-state index contributed by atoms with van der Waals surface area (Å²) in [6.07, 6.45) is 2.94. The summed E-state index contributed by atoms with van der Waals surface area (Å²) < 4.78 is 10.9. The van der Waals surface area contributed by atoms with Crippen molar-refractivity contribution in [2.75, 3.05) is 11.9 Å². The predicted molar refractivity (Wildman–Crippen MR) is 102 cm³/mol. The van der Waals surface area contributed by atoms with Crippen LogP contribution in [0.25, 0.3) is 17.0 Å². The van der Waals surface area contributed by atoms with E-state index in [2.05, 4.69) is 15.6 Å². The number of aromatic nitrogens is 3. The summed E-state index contributed by atoms with van der Waals surface area (Å²) in [6, 6.07) is 6.84. The summed E-state index contributed by atoms with van der Waals surface area (Å²) in [5.41, 5.74) is 0.947. The van der Waals surface area contributed by atoms with Gasteiger partial charge in [0.1, 0.15) is 5.76 Å². The fourth-order valence-corrected chi connectivity index (χ4v) is 2.58. The zero-order chi connectivity index (χ0) is 20.3. The molecule has 1 amide bonds. The summed E-state index contributed by atoms with van der Waals surface area (Å²) in [5, 5.41) is 10.8. The number of ether oxygens (including phenoxy) is 1. The fraction of sp³-hybridized carbons (Fsp3) is 0.211. The van der Waals surface area contributed by atoms with Gasteiger partial charge in [-0.2, -0.15) is 5.10 Å². The highest BCUT2D eigenvalue weighted by molar-refractivity contribution is 6.11. The van der Waals surface area contributed by atoms with Crippen molar-refractivity contribution in [3.8, 4) is 0 Å². The van der Waals surface area contributed by atoms with Gasteiger partial charge in [-0.25, -0.2) is 9.48 Å². The number of carbonyl (C=O) groups excluding carboxylic acids is 2. The van der Waals surface area contributed by atoms with Crippen LogP contribution in [-0.2, 0) is 16.6 Å². The molecule has 0 fully saturated rings. The van der Waals surface area contributed by atoms with Crippen LogP contribution in [0.3, 0.4) is 0 Å². The van der Waals surface area contributed by atoms with Gasteiger partial charge in [-0.05, 0) is 37.6 Å². The molecule has 0 radical (unpaired) electrons. The number of anilines is 1. The second-order valence-electron chi connectivity index (χ2n) is 5.90. The van der Waals surface area contributed by atoms with E-state index in [0.29, 0.717) is 18.1 Å². The number of rotatable bonds is 5. The first-order valence-corrected chi connectivity index (χ1v) is 8.50. The van der Waals surface area contributed by atoms with Crippen LogP contribution in [0.1, 0.15) is 28.7 Å². The van der Waals surface area contributed by atoms with Gasteiger partial charge in [-0.15, -0.1) is 0 Å². The van der Waals surface area contributed by atoms with E-state index in [-0.39, 0.29) is 16.6 Å². The third kappa shape index (κ3) is 3.83. The van der Waals surface area contributed by atoms with Gasteiger partial charge in [-0.1, -0.05) is 17.3 Å². The highest BCUT2D eigenvalue weighted by Gasteiger charge is 2.21. The van der Waals surface area contributed by atoms with Gasteiger partial charge in [0.15, 0.2) is 11.2 Å². The van der Waals surface area contributed by atoms with Crippen molar-refractivity contribution in [3.63, 3.8) is 0 Å². The highest BCUT2D eigenvalue weighted by Crippen LogP contribution is 2.19. The molecule has 3 rings (SSSR count). The largest absolute Gasteiger partial charge is 0.463 e. The molecule has 1 aromatic carbocycles. The number of esters is 1. The lowest BCUT2D eigenvalue weighted by atomic mass is 10.1. The average Bonchev–Trinajstić information content (AvgIpc) is 3.06. The summed E-state index contributed by atoms with van der Waals surface area (Å²) >= 11 is 0. The van der Waals surface area contributed by atoms with Crippen molar-refractivity contribution >= 4 is 34.5 Å². The molecule has 0 aliphatic carbocycles. The normalized spacial score (nSPS) is 11.1. The van der Waals surface area contributed by atoms with Gasteiger partial charge in [0.25, 0.3) is 11.5 Å². The van der Waals surface area contributed by atoms with E-state index in [1.807, 2.05) is 0 Å². The molecule has 3 aromatic rings. The number of nitrogens with zero attached hydrogens (tertiary/aromatic N) is 3. The van der Waals surface area contributed by atoms with E-state index < -0.39 is 17.4 Å². The molecule has 0 saturated carbocycles. The van der Waals surface area contributed by atoms with Crippen LogP contribution in [0, 0.1) is 6.92 Å². The lowest BCUT2D eigenvalue weighted by molar-refractivity contribution is -0.137. The second-order valence-corrected chi connectivity index (χ2v) is 5.90. The molecule has 9 nitrogen and oxygen atoms in total. The molecule has 9 heteroatoms. The Labute approximate surface area is 159 Å². The lowest BCUT2D eigenvalue weighted by Gasteiger charge is -2.07. The maximum Gasteiger partial charge on any atom is 0.330 e. The van der Waals surface area contributed by atoms with E-state index in [1.54, 1.807) is 44.2 Å².